The Hall–Kier alpha value is -2.04. The summed E-state index contributed by atoms with van der Waals surface area (Å²) < 4.78 is 0. The molecule has 0 aromatic heterocycles. The second-order valence-electron chi connectivity index (χ2n) is 4.91. The molecule has 0 radical (unpaired) electrons. The molecule has 0 bridgehead atoms. The zero-order valence-electron chi connectivity index (χ0n) is 11.7. The molecular formula is C17H12ClNO2S. The van der Waals surface area contributed by atoms with Crippen LogP contribution in [0.25, 0.3) is 6.08 Å². The van der Waals surface area contributed by atoms with Gasteiger partial charge in [0, 0.05) is 5.02 Å². The second kappa shape index (κ2) is 5.99. The Labute approximate surface area is 137 Å². The van der Waals surface area contributed by atoms with Gasteiger partial charge in [-0.1, -0.05) is 47.5 Å². The van der Waals surface area contributed by atoms with E-state index >= 15 is 0 Å². The number of halogens is 1. The van der Waals surface area contributed by atoms with Gasteiger partial charge in [-0.3, -0.25) is 9.59 Å². The minimum Gasteiger partial charge on any atom is -0.268 e. The van der Waals surface area contributed by atoms with Crippen molar-refractivity contribution in [2.24, 2.45) is 0 Å². The van der Waals surface area contributed by atoms with Gasteiger partial charge in [0.15, 0.2) is 0 Å². The Morgan fingerprint density at radius 2 is 1.82 bits per heavy atom. The Morgan fingerprint density at radius 1 is 1.09 bits per heavy atom. The molecule has 0 N–H and O–H groups in total. The van der Waals surface area contributed by atoms with Crippen LogP contribution in [-0.4, -0.2) is 11.1 Å². The first-order valence-corrected chi connectivity index (χ1v) is 7.84. The van der Waals surface area contributed by atoms with Gasteiger partial charge in [0.25, 0.3) is 11.1 Å². The zero-order chi connectivity index (χ0) is 15.7. The van der Waals surface area contributed by atoms with Crippen molar-refractivity contribution in [1.29, 1.82) is 0 Å². The summed E-state index contributed by atoms with van der Waals surface area (Å²) in [4.78, 5) is 26.2. The molecule has 3 rings (SSSR count). The number of amides is 2. The van der Waals surface area contributed by atoms with Crippen LogP contribution in [0.5, 0.6) is 0 Å². The van der Waals surface area contributed by atoms with E-state index in [1.54, 1.807) is 30.3 Å². The van der Waals surface area contributed by atoms with Crippen LogP contribution in [0.15, 0.2) is 53.4 Å². The minimum atomic E-state index is -0.321. The van der Waals surface area contributed by atoms with Crippen LogP contribution in [0.3, 0.4) is 0 Å². The van der Waals surface area contributed by atoms with E-state index in [1.165, 1.54) is 0 Å². The Kier molecular flexibility index (Phi) is 4.05. The van der Waals surface area contributed by atoms with E-state index in [1.807, 2.05) is 31.2 Å². The molecule has 3 nitrogen and oxygen atoms in total. The van der Waals surface area contributed by atoms with E-state index in [9.17, 15) is 9.59 Å². The average molecular weight is 330 g/mol. The van der Waals surface area contributed by atoms with Crippen LogP contribution >= 0.6 is 23.4 Å². The number of rotatable bonds is 2. The molecule has 2 aromatic carbocycles. The lowest BCUT2D eigenvalue weighted by molar-refractivity contribution is -0.113. The van der Waals surface area contributed by atoms with Gasteiger partial charge in [-0.15, -0.1) is 0 Å². The van der Waals surface area contributed by atoms with Crippen molar-refractivity contribution < 1.29 is 9.59 Å². The third kappa shape index (κ3) is 2.93. The highest BCUT2D eigenvalue weighted by Crippen LogP contribution is 2.36. The third-order valence-corrected chi connectivity index (χ3v) is 4.34. The van der Waals surface area contributed by atoms with E-state index in [0.29, 0.717) is 15.6 Å². The fraction of sp³-hybridized carbons (Fsp3) is 0.0588. The fourth-order valence-corrected chi connectivity index (χ4v) is 3.15. The number of anilines is 1. The minimum absolute atomic E-state index is 0.314. The van der Waals surface area contributed by atoms with Gasteiger partial charge in [-0.05, 0) is 48.5 Å². The summed E-state index contributed by atoms with van der Waals surface area (Å²) in [6.07, 6.45) is 1.73. The van der Waals surface area contributed by atoms with Gasteiger partial charge >= 0.3 is 0 Å². The van der Waals surface area contributed by atoms with Crippen LogP contribution < -0.4 is 4.90 Å². The number of carbonyl (C=O) groups excluding carboxylic acids is 2. The summed E-state index contributed by atoms with van der Waals surface area (Å²) in [6, 6.07) is 14.5. The van der Waals surface area contributed by atoms with Gasteiger partial charge in [0.1, 0.15) is 0 Å². The summed E-state index contributed by atoms with van der Waals surface area (Å²) in [6.45, 7) is 2.00. The lowest BCUT2D eigenvalue weighted by Gasteiger charge is -2.12. The maximum atomic E-state index is 12.5. The Morgan fingerprint density at radius 3 is 2.50 bits per heavy atom. The summed E-state index contributed by atoms with van der Waals surface area (Å²) in [5, 5.41) is 0.171. The number of imide groups is 1. The molecule has 1 aliphatic rings. The van der Waals surface area contributed by atoms with Crippen molar-refractivity contribution >= 4 is 46.3 Å². The number of hydrogen-bond donors (Lipinski definition) is 0. The summed E-state index contributed by atoms with van der Waals surface area (Å²) in [5.74, 6) is -0.321. The standard InChI is InChI=1S/C17H12ClNO2S/c1-11-5-7-12(8-6-11)9-15-16(20)19(17(21)22-15)14-4-2-3-13(18)10-14/h2-10H,1H3. The van der Waals surface area contributed by atoms with E-state index in [4.69, 9.17) is 11.6 Å². The van der Waals surface area contributed by atoms with Gasteiger partial charge < -0.3 is 0 Å². The quantitative estimate of drug-likeness (QED) is 0.736. The molecule has 22 heavy (non-hydrogen) atoms. The molecule has 0 atom stereocenters. The van der Waals surface area contributed by atoms with Crippen molar-refractivity contribution in [2.75, 3.05) is 4.90 Å². The van der Waals surface area contributed by atoms with E-state index in [0.717, 1.165) is 27.8 Å². The summed E-state index contributed by atoms with van der Waals surface area (Å²) in [5.41, 5.74) is 2.52. The maximum absolute atomic E-state index is 12.5. The number of aryl methyl sites for hydroxylation is 1. The van der Waals surface area contributed by atoms with Crippen LogP contribution in [0, 0.1) is 6.92 Å². The van der Waals surface area contributed by atoms with Crippen molar-refractivity contribution in [2.45, 2.75) is 6.92 Å². The number of nitrogens with zero attached hydrogens (tertiary/aromatic N) is 1. The molecule has 110 valence electrons. The average Bonchev–Trinajstić information content (AvgIpc) is 2.76. The largest absolute Gasteiger partial charge is 0.298 e. The Bertz CT molecular complexity index is 784. The molecule has 1 saturated heterocycles. The lowest BCUT2D eigenvalue weighted by Crippen LogP contribution is -2.27. The molecule has 1 heterocycles. The third-order valence-electron chi connectivity index (χ3n) is 3.24. The number of hydrogen-bond acceptors (Lipinski definition) is 3. The molecule has 1 aliphatic heterocycles. The zero-order valence-corrected chi connectivity index (χ0v) is 13.3. The molecule has 0 unspecified atom stereocenters. The first kappa shape index (κ1) is 14.9. The normalized spacial score (nSPS) is 16.6. The van der Waals surface area contributed by atoms with Crippen molar-refractivity contribution in [3.63, 3.8) is 0 Å². The fourth-order valence-electron chi connectivity index (χ4n) is 2.12. The second-order valence-corrected chi connectivity index (χ2v) is 6.34. The highest BCUT2D eigenvalue weighted by molar-refractivity contribution is 8.19. The SMILES string of the molecule is Cc1ccc(C=C2SC(=O)N(c3cccc(Cl)c3)C2=O)cc1. The van der Waals surface area contributed by atoms with Crippen molar-refractivity contribution in [3.05, 3.63) is 69.6 Å². The van der Waals surface area contributed by atoms with Crippen molar-refractivity contribution in [1.82, 2.24) is 0 Å². The highest BCUT2D eigenvalue weighted by atomic mass is 35.5. The molecule has 1 fully saturated rings. The number of benzene rings is 2. The predicted molar refractivity (Wildman–Crippen MR) is 91.1 cm³/mol. The first-order chi connectivity index (χ1) is 10.5. The summed E-state index contributed by atoms with van der Waals surface area (Å²) >= 11 is 6.87. The predicted octanol–water partition coefficient (Wildman–Crippen LogP) is 4.89. The molecule has 5 heteroatoms. The van der Waals surface area contributed by atoms with Crippen LogP contribution in [-0.2, 0) is 4.79 Å². The number of carbonyl (C=O) groups is 2. The molecule has 0 aliphatic carbocycles. The summed E-state index contributed by atoms with van der Waals surface area (Å²) in [7, 11) is 0. The number of thioether (sulfide) groups is 1. The first-order valence-electron chi connectivity index (χ1n) is 6.65. The highest BCUT2D eigenvalue weighted by Gasteiger charge is 2.36. The van der Waals surface area contributed by atoms with Gasteiger partial charge in [-0.25, -0.2) is 4.90 Å². The molecular weight excluding hydrogens is 318 g/mol. The Balaban J connectivity index is 1.93. The van der Waals surface area contributed by atoms with E-state index in [2.05, 4.69) is 0 Å². The van der Waals surface area contributed by atoms with E-state index in [-0.39, 0.29) is 11.1 Å². The molecule has 2 aromatic rings. The van der Waals surface area contributed by atoms with Gasteiger partial charge in [-0.2, -0.15) is 0 Å². The van der Waals surface area contributed by atoms with Crippen LogP contribution in [0.4, 0.5) is 10.5 Å². The topological polar surface area (TPSA) is 37.4 Å². The van der Waals surface area contributed by atoms with E-state index < -0.39 is 0 Å². The van der Waals surface area contributed by atoms with Gasteiger partial charge in [0.05, 0.1) is 10.6 Å². The van der Waals surface area contributed by atoms with Crippen molar-refractivity contribution in [3.8, 4) is 0 Å². The monoisotopic (exact) mass is 329 g/mol. The van der Waals surface area contributed by atoms with Crippen LogP contribution in [0.2, 0.25) is 5.02 Å². The van der Waals surface area contributed by atoms with Gasteiger partial charge in [0.2, 0.25) is 0 Å². The molecule has 0 spiro atoms. The smallest absolute Gasteiger partial charge is 0.268 e. The van der Waals surface area contributed by atoms with Crippen LogP contribution in [0.1, 0.15) is 11.1 Å². The molecule has 2 amide bonds. The maximum Gasteiger partial charge on any atom is 0.298 e. The lowest BCUT2D eigenvalue weighted by atomic mass is 10.1. The molecule has 0 saturated carbocycles.